The number of carbonyl (C=O) groups excluding carboxylic acids is 1. The summed E-state index contributed by atoms with van der Waals surface area (Å²) in [6, 6.07) is 10.9. The minimum atomic E-state index is -3.68. The number of nitrogens with one attached hydrogen (secondary N) is 1. The number of sulfonamides is 1. The number of anilines is 1. The van der Waals surface area contributed by atoms with Gasteiger partial charge in [0.05, 0.1) is 19.1 Å². The maximum absolute atomic E-state index is 12.6. The van der Waals surface area contributed by atoms with E-state index in [4.69, 9.17) is 14.2 Å². The van der Waals surface area contributed by atoms with E-state index < -0.39 is 22.0 Å². The van der Waals surface area contributed by atoms with Gasteiger partial charge in [0.25, 0.3) is 0 Å². The van der Waals surface area contributed by atoms with Gasteiger partial charge < -0.3 is 19.5 Å². The summed E-state index contributed by atoms with van der Waals surface area (Å²) in [5.74, 6) is 1.46. The molecule has 0 fully saturated rings. The van der Waals surface area contributed by atoms with Crippen LogP contribution in [-0.4, -0.2) is 40.5 Å². The second kappa shape index (κ2) is 7.97. The Balaban J connectivity index is 1.72. The van der Waals surface area contributed by atoms with Gasteiger partial charge >= 0.3 is 0 Å². The molecule has 1 N–H and O–H groups in total. The van der Waals surface area contributed by atoms with E-state index in [0.717, 1.165) is 16.1 Å². The van der Waals surface area contributed by atoms with Gasteiger partial charge in [-0.05, 0) is 48.9 Å². The number of methoxy groups -OCH3 is 1. The van der Waals surface area contributed by atoms with Gasteiger partial charge in [0.2, 0.25) is 22.7 Å². The van der Waals surface area contributed by atoms with E-state index in [0.29, 0.717) is 22.9 Å². The van der Waals surface area contributed by atoms with Crippen LogP contribution in [0.5, 0.6) is 17.2 Å². The van der Waals surface area contributed by atoms with E-state index in [1.54, 1.807) is 43.3 Å². The molecule has 0 unspecified atom stereocenters. The zero-order valence-corrected chi connectivity index (χ0v) is 16.7. The Bertz CT molecular complexity index is 959. The molecule has 150 valence electrons. The maximum Gasteiger partial charge on any atom is 0.243 e. The summed E-state index contributed by atoms with van der Waals surface area (Å²) < 4.78 is 41.4. The third-order valence-corrected chi connectivity index (χ3v) is 5.56. The van der Waals surface area contributed by atoms with Crippen LogP contribution in [0.4, 0.5) is 5.69 Å². The lowest BCUT2D eigenvalue weighted by molar-refractivity contribution is -0.122. The van der Waals surface area contributed by atoms with Crippen LogP contribution >= 0.6 is 0 Å². The highest BCUT2D eigenvalue weighted by atomic mass is 32.2. The average Bonchev–Trinajstić information content (AvgIpc) is 3.13. The number of benzene rings is 2. The molecule has 0 spiro atoms. The van der Waals surface area contributed by atoms with E-state index in [2.05, 4.69) is 5.32 Å². The van der Waals surface area contributed by atoms with Crippen molar-refractivity contribution in [1.29, 1.82) is 0 Å². The van der Waals surface area contributed by atoms with Crippen molar-refractivity contribution in [2.45, 2.75) is 19.5 Å². The second-order valence-corrected chi connectivity index (χ2v) is 8.20. The summed E-state index contributed by atoms with van der Waals surface area (Å²) in [6.45, 7) is 1.95. The average molecular weight is 406 g/mol. The quantitative estimate of drug-likeness (QED) is 0.755. The Morgan fingerprint density at radius 1 is 1.18 bits per heavy atom. The molecule has 3 rings (SSSR count). The molecule has 2 aromatic rings. The fourth-order valence-electron chi connectivity index (χ4n) is 2.93. The van der Waals surface area contributed by atoms with E-state index >= 15 is 0 Å². The molecule has 0 aromatic heterocycles. The van der Waals surface area contributed by atoms with Gasteiger partial charge in [0.15, 0.2) is 11.5 Å². The molecule has 9 heteroatoms. The number of carbonyl (C=O) groups is 1. The summed E-state index contributed by atoms with van der Waals surface area (Å²) in [5, 5.41) is 2.77. The first-order valence-corrected chi connectivity index (χ1v) is 10.4. The van der Waals surface area contributed by atoms with E-state index in [9.17, 15) is 13.2 Å². The molecule has 0 radical (unpaired) electrons. The number of ether oxygens (including phenoxy) is 3. The highest BCUT2D eigenvalue weighted by Gasteiger charge is 2.29. The number of rotatable bonds is 7. The summed E-state index contributed by atoms with van der Waals surface area (Å²) >= 11 is 0. The zero-order chi connectivity index (χ0) is 20.3. The normalized spacial score (nSPS) is 13.7. The predicted molar refractivity (Wildman–Crippen MR) is 104 cm³/mol. The van der Waals surface area contributed by atoms with Crippen molar-refractivity contribution in [3.05, 3.63) is 48.0 Å². The summed E-state index contributed by atoms with van der Waals surface area (Å²) in [6.07, 6.45) is 1.07. The first-order chi connectivity index (χ1) is 13.3. The Kier molecular flexibility index (Phi) is 5.64. The molecular formula is C19H22N2O6S. The SMILES string of the molecule is COc1ccc(N([C@H](C)C(=O)NCc2ccc3c(c2)OCO3)S(C)(=O)=O)cc1. The minimum absolute atomic E-state index is 0.174. The molecule has 1 aliphatic rings. The van der Waals surface area contributed by atoms with Gasteiger partial charge in [0.1, 0.15) is 11.8 Å². The maximum atomic E-state index is 12.6. The van der Waals surface area contributed by atoms with Crippen LogP contribution in [0.1, 0.15) is 12.5 Å². The first-order valence-electron chi connectivity index (χ1n) is 8.59. The fourth-order valence-corrected chi connectivity index (χ4v) is 4.10. The molecule has 1 atom stereocenters. The van der Waals surface area contributed by atoms with Crippen LogP contribution < -0.4 is 23.8 Å². The van der Waals surface area contributed by atoms with Gasteiger partial charge in [-0.1, -0.05) is 6.07 Å². The fraction of sp³-hybridized carbons (Fsp3) is 0.316. The molecule has 1 amide bonds. The second-order valence-electron chi connectivity index (χ2n) is 6.34. The van der Waals surface area contributed by atoms with Crippen LogP contribution in [0.25, 0.3) is 0 Å². The van der Waals surface area contributed by atoms with Crippen LogP contribution in [0.2, 0.25) is 0 Å². The molecule has 8 nitrogen and oxygen atoms in total. The van der Waals surface area contributed by atoms with Crippen molar-refractivity contribution in [2.75, 3.05) is 24.5 Å². The Labute approximate surface area is 164 Å². The van der Waals surface area contributed by atoms with Crippen LogP contribution in [-0.2, 0) is 21.4 Å². The van der Waals surface area contributed by atoms with E-state index in [-0.39, 0.29) is 13.3 Å². The number of nitrogens with zero attached hydrogens (tertiary/aromatic N) is 1. The molecule has 28 heavy (non-hydrogen) atoms. The number of hydrogen-bond acceptors (Lipinski definition) is 6. The Hall–Kier alpha value is -2.94. The van der Waals surface area contributed by atoms with Gasteiger partial charge in [-0.2, -0.15) is 0 Å². The lowest BCUT2D eigenvalue weighted by Gasteiger charge is -2.28. The summed E-state index contributed by atoms with van der Waals surface area (Å²) in [4.78, 5) is 12.6. The first kappa shape index (κ1) is 19.8. The number of hydrogen-bond donors (Lipinski definition) is 1. The lowest BCUT2D eigenvalue weighted by atomic mass is 10.2. The van der Waals surface area contributed by atoms with Gasteiger partial charge in [-0.3, -0.25) is 9.10 Å². The van der Waals surface area contributed by atoms with Crippen molar-refractivity contribution < 1.29 is 27.4 Å². The third-order valence-electron chi connectivity index (χ3n) is 4.32. The monoisotopic (exact) mass is 406 g/mol. The molecule has 2 aromatic carbocycles. The predicted octanol–water partition coefficient (Wildman–Crippen LogP) is 1.89. The molecule has 0 bridgehead atoms. The van der Waals surface area contributed by atoms with Crippen LogP contribution in [0, 0.1) is 0 Å². The number of amides is 1. The molecule has 0 saturated heterocycles. The van der Waals surface area contributed by atoms with Crippen molar-refractivity contribution >= 4 is 21.6 Å². The van der Waals surface area contributed by atoms with Gasteiger partial charge in [-0.25, -0.2) is 8.42 Å². The van der Waals surface area contributed by atoms with E-state index in [1.165, 1.54) is 7.11 Å². The minimum Gasteiger partial charge on any atom is -0.497 e. The molecule has 0 saturated carbocycles. The smallest absolute Gasteiger partial charge is 0.243 e. The topological polar surface area (TPSA) is 94.2 Å². The summed E-state index contributed by atoms with van der Waals surface area (Å²) in [5.41, 5.74) is 1.20. The Morgan fingerprint density at radius 2 is 1.86 bits per heavy atom. The zero-order valence-electron chi connectivity index (χ0n) is 15.8. The van der Waals surface area contributed by atoms with Crippen LogP contribution in [0.15, 0.2) is 42.5 Å². The Morgan fingerprint density at radius 3 is 2.50 bits per heavy atom. The van der Waals surface area contributed by atoms with Crippen molar-refractivity contribution in [1.82, 2.24) is 5.32 Å². The molecule has 1 heterocycles. The standard InChI is InChI=1S/C19H22N2O6S/c1-13(21(28(3,23)24)15-5-7-16(25-2)8-6-15)19(22)20-11-14-4-9-17-18(10-14)27-12-26-17/h4-10,13H,11-12H2,1-3H3,(H,20,22)/t13-/m1/s1. The van der Waals surface area contributed by atoms with E-state index in [1.807, 2.05) is 6.07 Å². The van der Waals surface area contributed by atoms with Gasteiger partial charge in [0, 0.05) is 6.54 Å². The van der Waals surface area contributed by atoms with Crippen molar-refractivity contribution in [3.63, 3.8) is 0 Å². The number of fused-ring (bicyclic) bond motifs is 1. The highest BCUT2D eigenvalue weighted by Crippen LogP contribution is 2.32. The van der Waals surface area contributed by atoms with Crippen molar-refractivity contribution in [2.24, 2.45) is 0 Å². The molecule has 1 aliphatic heterocycles. The largest absolute Gasteiger partial charge is 0.497 e. The molecular weight excluding hydrogens is 384 g/mol. The van der Waals surface area contributed by atoms with Gasteiger partial charge in [-0.15, -0.1) is 0 Å². The summed E-state index contributed by atoms with van der Waals surface area (Å²) in [7, 11) is -2.15. The van der Waals surface area contributed by atoms with Crippen molar-refractivity contribution in [3.8, 4) is 17.2 Å². The highest BCUT2D eigenvalue weighted by molar-refractivity contribution is 7.92. The molecule has 0 aliphatic carbocycles. The third kappa shape index (κ3) is 4.30. The lowest BCUT2D eigenvalue weighted by Crippen LogP contribution is -2.47. The van der Waals surface area contributed by atoms with Crippen LogP contribution in [0.3, 0.4) is 0 Å².